The van der Waals surface area contributed by atoms with Gasteiger partial charge < -0.3 is 5.32 Å². The van der Waals surface area contributed by atoms with Crippen LogP contribution in [0.2, 0.25) is 0 Å². The molecule has 0 atom stereocenters. The van der Waals surface area contributed by atoms with Crippen molar-refractivity contribution >= 4 is 0 Å². The molecule has 0 aromatic rings. The van der Waals surface area contributed by atoms with Crippen LogP contribution in [0.25, 0.3) is 0 Å². The average molecular weight is 182 g/mol. The van der Waals surface area contributed by atoms with Gasteiger partial charge in [-0.05, 0) is 32.2 Å². The second-order valence-corrected chi connectivity index (χ2v) is 3.53. The van der Waals surface area contributed by atoms with Gasteiger partial charge in [-0.2, -0.15) is 5.26 Å². The zero-order valence-corrected chi connectivity index (χ0v) is 9.19. The Morgan fingerprint density at radius 3 is 2.08 bits per heavy atom. The predicted molar refractivity (Wildman–Crippen MR) is 56.5 cm³/mol. The molecular weight excluding hydrogens is 160 g/mol. The van der Waals surface area contributed by atoms with Crippen LogP contribution in [-0.4, -0.2) is 12.1 Å². The van der Waals surface area contributed by atoms with Crippen molar-refractivity contribution in [2.24, 2.45) is 0 Å². The quantitative estimate of drug-likeness (QED) is 0.614. The molecule has 0 aliphatic heterocycles. The van der Waals surface area contributed by atoms with Crippen molar-refractivity contribution in [3.05, 3.63) is 0 Å². The van der Waals surface area contributed by atoms with Gasteiger partial charge in [0.15, 0.2) is 0 Å². The third-order valence-electron chi connectivity index (χ3n) is 3.00. The molecule has 2 heteroatoms. The summed E-state index contributed by atoms with van der Waals surface area (Å²) >= 11 is 0. The van der Waals surface area contributed by atoms with Crippen molar-refractivity contribution < 1.29 is 0 Å². The molecule has 0 heterocycles. The summed E-state index contributed by atoms with van der Waals surface area (Å²) in [5.74, 6) is 0. The average Bonchev–Trinajstić information content (AvgIpc) is 2.20. The van der Waals surface area contributed by atoms with Gasteiger partial charge in [0, 0.05) is 12.0 Å². The van der Waals surface area contributed by atoms with Crippen molar-refractivity contribution in [1.29, 1.82) is 5.26 Å². The molecule has 0 aromatic carbocycles. The lowest BCUT2D eigenvalue weighted by atomic mass is 9.90. The molecule has 0 aromatic heterocycles. The first kappa shape index (κ1) is 12.4. The summed E-state index contributed by atoms with van der Waals surface area (Å²) in [6.45, 7) is 7.65. The molecule has 0 saturated carbocycles. The van der Waals surface area contributed by atoms with Crippen molar-refractivity contribution in [3.8, 4) is 6.07 Å². The Morgan fingerprint density at radius 1 is 1.15 bits per heavy atom. The summed E-state index contributed by atoms with van der Waals surface area (Å²) in [6, 6.07) is 2.17. The summed E-state index contributed by atoms with van der Waals surface area (Å²) in [7, 11) is 0. The third kappa shape index (κ3) is 4.28. The molecule has 0 aliphatic carbocycles. The van der Waals surface area contributed by atoms with E-state index in [4.69, 9.17) is 5.26 Å². The third-order valence-corrected chi connectivity index (χ3v) is 3.00. The first-order chi connectivity index (χ1) is 6.24. The predicted octanol–water partition coefficient (Wildman–Crippen LogP) is 2.85. The Kier molecular flexibility index (Phi) is 6.62. The minimum absolute atomic E-state index is 0.315. The molecule has 0 aliphatic rings. The van der Waals surface area contributed by atoms with Gasteiger partial charge in [0.1, 0.15) is 0 Å². The fourth-order valence-corrected chi connectivity index (χ4v) is 1.65. The van der Waals surface area contributed by atoms with Crippen molar-refractivity contribution in [1.82, 2.24) is 5.32 Å². The second kappa shape index (κ2) is 6.91. The van der Waals surface area contributed by atoms with Gasteiger partial charge in [0.25, 0.3) is 0 Å². The largest absolute Gasteiger partial charge is 0.311 e. The number of nitrogens with zero attached hydrogens (tertiary/aromatic N) is 1. The number of rotatable bonds is 7. The van der Waals surface area contributed by atoms with Gasteiger partial charge in [0.05, 0.1) is 6.07 Å². The highest BCUT2D eigenvalue weighted by molar-refractivity contribution is 4.84. The molecule has 0 saturated heterocycles. The Balaban J connectivity index is 3.76. The van der Waals surface area contributed by atoms with Crippen LogP contribution in [0.1, 0.15) is 52.9 Å². The Bertz CT molecular complexity index is 146. The smallest absolute Gasteiger partial charge is 0.0622 e. The van der Waals surface area contributed by atoms with Gasteiger partial charge in [-0.3, -0.25) is 0 Å². The number of hydrogen-bond acceptors (Lipinski definition) is 2. The summed E-state index contributed by atoms with van der Waals surface area (Å²) in [6.07, 6.45) is 5.16. The van der Waals surface area contributed by atoms with Gasteiger partial charge in [0.2, 0.25) is 0 Å². The summed E-state index contributed by atoms with van der Waals surface area (Å²) in [5.41, 5.74) is 0.315. The zero-order valence-electron chi connectivity index (χ0n) is 9.19. The van der Waals surface area contributed by atoms with Crippen molar-refractivity contribution in [2.45, 2.75) is 58.4 Å². The van der Waals surface area contributed by atoms with E-state index in [-0.39, 0.29) is 0 Å². The summed E-state index contributed by atoms with van der Waals surface area (Å²) < 4.78 is 0. The highest BCUT2D eigenvalue weighted by atomic mass is 15.0. The SMILES string of the molecule is CCC(CC)(CC)NCCCC#N. The zero-order chi connectivity index (χ0) is 10.2. The Labute approximate surface area is 82.3 Å². The van der Waals surface area contributed by atoms with Crippen LogP contribution in [0.15, 0.2) is 0 Å². The molecule has 0 bridgehead atoms. The minimum Gasteiger partial charge on any atom is -0.311 e. The number of unbranched alkanes of at least 4 members (excludes halogenated alkanes) is 1. The van der Waals surface area contributed by atoms with Crippen LogP contribution in [-0.2, 0) is 0 Å². The van der Waals surface area contributed by atoms with Crippen molar-refractivity contribution in [2.75, 3.05) is 6.54 Å². The lowest BCUT2D eigenvalue weighted by Gasteiger charge is -2.31. The van der Waals surface area contributed by atoms with Crippen LogP contribution in [0.3, 0.4) is 0 Å². The minimum atomic E-state index is 0.315. The number of nitrogens with one attached hydrogen (secondary N) is 1. The number of hydrogen-bond donors (Lipinski definition) is 1. The van der Waals surface area contributed by atoms with E-state index in [0.717, 1.165) is 13.0 Å². The molecule has 0 rings (SSSR count). The molecule has 0 amide bonds. The van der Waals surface area contributed by atoms with Crippen LogP contribution in [0.5, 0.6) is 0 Å². The molecule has 2 nitrogen and oxygen atoms in total. The standard InChI is InChI=1S/C11H22N2/c1-4-11(5-2,6-3)13-10-8-7-9-12/h13H,4-8,10H2,1-3H3. The van der Waals surface area contributed by atoms with E-state index in [1.54, 1.807) is 0 Å². The first-order valence-corrected chi connectivity index (χ1v) is 5.36. The summed E-state index contributed by atoms with van der Waals surface area (Å²) in [5, 5.41) is 12.0. The van der Waals surface area contributed by atoms with E-state index < -0.39 is 0 Å². The maximum Gasteiger partial charge on any atom is 0.0622 e. The first-order valence-electron chi connectivity index (χ1n) is 5.36. The van der Waals surface area contributed by atoms with E-state index in [9.17, 15) is 0 Å². The van der Waals surface area contributed by atoms with Crippen LogP contribution < -0.4 is 5.32 Å². The van der Waals surface area contributed by atoms with Gasteiger partial charge in [-0.1, -0.05) is 20.8 Å². The molecule has 0 spiro atoms. The monoisotopic (exact) mass is 182 g/mol. The second-order valence-electron chi connectivity index (χ2n) is 3.53. The van der Waals surface area contributed by atoms with Gasteiger partial charge in [-0.15, -0.1) is 0 Å². The highest BCUT2D eigenvalue weighted by Crippen LogP contribution is 2.18. The fourth-order valence-electron chi connectivity index (χ4n) is 1.65. The fraction of sp³-hybridized carbons (Fsp3) is 0.909. The van der Waals surface area contributed by atoms with E-state index in [1.165, 1.54) is 19.3 Å². The molecule has 1 N–H and O–H groups in total. The van der Waals surface area contributed by atoms with E-state index >= 15 is 0 Å². The molecule has 76 valence electrons. The van der Waals surface area contributed by atoms with E-state index in [1.807, 2.05) is 0 Å². The van der Waals surface area contributed by atoms with Crippen LogP contribution in [0, 0.1) is 11.3 Å². The normalized spacial score (nSPS) is 11.2. The molecule has 13 heavy (non-hydrogen) atoms. The molecular formula is C11H22N2. The Morgan fingerprint density at radius 2 is 1.69 bits per heavy atom. The van der Waals surface area contributed by atoms with E-state index in [2.05, 4.69) is 32.2 Å². The van der Waals surface area contributed by atoms with E-state index in [0.29, 0.717) is 12.0 Å². The van der Waals surface area contributed by atoms with Gasteiger partial charge in [-0.25, -0.2) is 0 Å². The lowest BCUT2D eigenvalue weighted by Crippen LogP contribution is -2.44. The molecule has 0 fully saturated rings. The summed E-state index contributed by atoms with van der Waals surface area (Å²) in [4.78, 5) is 0. The van der Waals surface area contributed by atoms with Crippen LogP contribution >= 0.6 is 0 Å². The van der Waals surface area contributed by atoms with Gasteiger partial charge >= 0.3 is 0 Å². The van der Waals surface area contributed by atoms with Crippen LogP contribution in [0.4, 0.5) is 0 Å². The maximum absolute atomic E-state index is 8.39. The number of nitriles is 1. The molecule has 0 unspecified atom stereocenters. The van der Waals surface area contributed by atoms with Crippen molar-refractivity contribution in [3.63, 3.8) is 0 Å². The highest BCUT2D eigenvalue weighted by Gasteiger charge is 2.21. The Hall–Kier alpha value is -0.550. The molecule has 0 radical (unpaired) electrons. The maximum atomic E-state index is 8.39. The lowest BCUT2D eigenvalue weighted by molar-refractivity contribution is 0.290. The topological polar surface area (TPSA) is 35.8 Å².